The Morgan fingerprint density at radius 2 is 1.70 bits per heavy atom. The largest absolute Gasteiger partial charge is 0.507 e. The number of nitriles is 1. The van der Waals surface area contributed by atoms with Gasteiger partial charge in [0.05, 0.1) is 23.1 Å². The maximum absolute atomic E-state index is 12.8. The van der Waals surface area contributed by atoms with Crippen molar-refractivity contribution in [2.75, 3.05) is 11.9 Å². The van der Waals surface area contributed by atoms with Gasteiger partial charge in [0.15, 0.2) is 11.6 Å². The molecule has 2 aromatic carbocycles. The molecular weight excluding hydrogens is 292 g/mol. The second-order valence-corrected chi connectivity index (χ2v) is 5.50. The molecule has 114 valence electrons. The summed E-state index contributed by atoms with van der Waals surface area (Å²) < 4.78 is 0. The van der Waals surface area contributed by atoms with Gasteiger partial charge in [-0.15, -0.1) is 0 Å². The fourth-order valence-electron chi connectivity index (χ4n) is 2.66. The molecule has 0 radical (unpaired) electrons. The van der Waals surface area contributed by atoms with Crippen LogP contribution in [0.5, 0.6) is 5.75 Å². The third-order valence-corrected chi connectivity index (χ3v) is 3.87. The lowest BCUT2D eigenvalue weighted by Gasteiger charge is -2.21. The molecule has 1 aliphatic carbocycles. The van der Waals surface area contributed by atoms with Gasteiger partial charge >= 0.3 is 0 Å². The van der Waals surface area contributed by atoms with Gasteiger partial charge in [0.1, 0.15) is 5.75 Å². The average Bonchev–Trinajstić information content (AvgIpc) is 2.58. The molecule has 0 spiro atoms. The first-order valence-corrected chi connectivity index (χ1v) is 7.22. The Hall–Kier alpha value is -3.13. The number of hydrogen-bond donors (Lipinski definition) is 2. The minimum absolute atomic E-state index is 0.0170. The zero-order valence-corrected chi connectivity index (χ0v) is 12.5. The summed E-state index contributed by atoms with van der Waals surface area (Å²) in [6, 6.07) is 11.6. The maximum Gasteiger partial charge on any atom is 0.198 e. The Morgan fingerprint density at radius 3 is 2.30 bits per heavy atom. The van der Waals surface area contributed by atoms with Crippen LogP contribution in [0.3, 0.4) is 0 Å². The molecule has 2 aromatic rings. The van der Waals surface area contributed by atoms with Gasteiger partial charge in [0.2, 0.25) is 0 Å². The van der Waals surface area contributed by atoms with E-state index in [2.05, 4.69) is 11.4 Å². The van der Waals surface area contributed by atoms with Gasteiger partial charge in [-0.2, -0.15) is 5.26 Å². The van der Waals surface area contributed by atoms with E-state index >= 15 is 0 Å². The number of rotatable bonds is 3. The number of carbonyl (C=O) groups is 2. The van der Waals surface area contributed by atoms with E-state index in [1.807, 2.05) is 0 Å². The van der Waals surface area contributed by atoms with Gasteiger partial charge < -0.3 is 10.4 Å². The molecule has 2 N–H and O–H groups in total. The summed E-state index contributed by atoms with van der Waals surface area (Å²) in [4.78, 5) is 25.4. The van der Waals surface area contributed by atoms with Crippen molar-refractivity contribution < 1.29 is 14.7 Å². The number of phenolic OH excluding ortho intramolecular Hbond substituents is 1. The van der Waals surface area contributed by atoms with Gasteiger partial charge in [-0.05, 0) is 19.1 Å². The lowest BCUT2D eigenvalue weighted by molar-refractivity contribution is 0.0977. The summed E-state index contributed by atoms with van der Waals surface area (Å²) in [5, 5.41) is 22.0. The second kappa shape index (κ2) is 5.58. The van der Waals surface area contributed by atoms with E-state index in [0.717, 1.165) is 0 Å². The Labute approximate surface area is 133 Å². The van der Waals surface area contributed by atoms with Crippen molar-refractivity contribution >= 4 is 17.3 Å². The summed E-state index contributed by atoms with van der Waals surface area (Å²) in [7, 11) is 0. The molecule has 5 heteroatoms. The quantitative estimate of drug-likeness (QED) is 0.726. The first kappa shape index (κ1) is 14.8. The molecule has 0 aromatic heterocycles. The van der Waals surface area contributed by atoms with Gasteiger partial charge in [-0.1, -0.05) is 24.3 Å². The SMILES string of the molecule is CC(C#N)CNc1ccc(O)c2c1C(=O)c1ccccc1C2=O. The van der Waals surface area contributed by atoms with Gasteiger partial charge in [-0.25, -0.2) is 0 Å². The third kappa shape index (κ3) is 2.34. The number of nitrogens with zero attached hydrogens (tertiary/aromatic N) is 1. The van der Waals surface area contributed by atoms with Crippen molar-refractivity contribution in [2.45, 2.75) is 6.92 Å². The molecule has 23 heavy (non-hydrogen) atoms. The molecule has 3 rings (SSSR count). The van der Waals surface area contributed by atoms with Crippen LogP contribution in [0.15, 0.2) is 36.4 Å². The maximum atomic E-state index is 12.8. The standard InChI is InChI=1S/C18H14N2O3/c1-10(8-19)9-20-13-6-7-14(21)16-15(13)17(22)11-4-2-3-5-12(11)18(16)23/h2-7,10,20-21H,9H2,1H3. The highest BCUT2D eigenvalue weighted by Gasteiger charge is 2.33. The molecule has 0 amide bonds. The van der Waals surface area contributed by atoms with Crippen molar-refractivity contribution in [3.63, 3.8) is 0 Å². The van der Waals surface area contributed by atoms with E-state index in [9.17, 15) is 14.7 Å². The number of phenols is 1. The summed E-state index contributed by atoms with van der Waals surface area (Å²) in [5.41, 5.74) is 1.25. The first-order valence-electron chi connectivity index (χ1n) is 7.22. The van der Waals surface area contributed by atoms with E-state index in [4.69, 9.17) is 5.26 Å². The number of hydrogen-bond acceptors (Lipinski definition) is 5. The molecule has 5 nitrogen and oxygen atoms in total. The van der Waals surface area contributed by atoms with Crippen molar-refractivity contribution in [3.05, 3.63) is 58.7 Å². The van der Waals surface area contributed by atoms with Gasteiger partial charge in [0.25, 0.3) is 0 Å². The molecule has 0 saturated heterocycles. The highest BCUT2D eigenvalue weighted by Crippen LogP contribution is 2.36. The van der Waals surface area contributed by atoms with Crippen LogP contribution in [0.4, 0.5) is 5.69 Å². The molecule has 1 aliphatic rings. The van der Waals surface area contributed by atoms with E-state index in [1.165, 1.54) is 6.07 Å². The second-order valence-electron chi connectivity index (χ2n) is 5.50. The number of nitrogens with one attached hydrogen (secondary N) is 1. The van der Waals surface area contributed by atoms with Crippen LogP contribution in [-0.2, 0) is 0 Å². The van der Waals surface area contributed by atoms with Crippen LogP contribution in [0.1, 0.15) is 38.8 Å². The number of carbonyl (C=O) groups excluding carboxylic acids is 2. The summed E-state index contributed by atoms with van der Waals surface area (Å²) >= 11 is 0. The molecule has 1 unspecified atom stereocenters. The highest BCUT2D eigenvalue weighted by atomic mass is 16.3. The van der Waals surface area contributed by atoms with Crippen molar-refractivity contribution in [1.29, 1.82) is 5.26 Å². The molecular formula is C18H14N2O3. The predicted molar refractivity (Wildman–Crippen MR) is 84.7 cm³/mol. The fraction of sp³-hybridized carbons (Fsp3) is 0.167. The van der Waals surface area contributed by atoms with Crippen molar-refractivity contribution in [2.24, 2.45) is 5.92 Å². The van der Waals surface area contributed by atoms with Crippen molar-refractivity contribution in [3.8, 4) is 11.8 Å². The monoisotopic (exact) mass is 306 g/mol. The topological polar surface area (TPSA) is 90.2 Å². The fourth-order valence-corrected chi connectivity index (χ4v) is 2.66. The normalized spacial score (nSPS) is 13.7. The van der Waals surface area contributed by atoms with Crippen LogP contribution < -0.4 is 5.32 Å². The number of benzene rings is 2. The van der Waals surface area contributed by atoms with Crippen LogP contribution in [0.25, 0.3) is 0 Å². The number of anilines is 1. The smallest absolute Gasteiger partial charge is 0.198 e. The number of aromatic hydroxyl groups is 1. The Morgan fingerprint density at radius 1 is 1.09 bits per heavy atom. The van der Waals surface area contributed by atoms with Crippen LogP contribution in [0, 0.1) is 17.2 Å². The lowest BCUT2D eigenvalue weighted by atomic mass is 9.82. The van der Waals surface area contributed by atoms with E-state index in [0.29, 0.717) is 23.4 Å². The molecule has 0 saturated carbocycles. The minimum atomic E-state index is -0.371. The van der Waals surface area contributed by atoms with Crippen LogP contribution in [-0.4, -0.2) is 23.2 Å². The van der Waals surface area contributed by atoms with E-state index < -0.39 is 0 Å². The summed E-state index contributed by atoms with van der Waals surface area (Å²) in [6.45, 7) is 2.10. The highest BCUT2D eigenvalue weighted by molar-refractivity contribution is 6.31. The zero-order chi connectivity index (χ0) is 16.6. The van der Waals surface area contributed by atoms with Gasteiger partial charge in [0, 0.05) is 23.4 Å². The number of ketones is 2. The van der Waals surface area contributed by atoms with Crippen molar-refractivity contribution in [1.82, 2.24) is 0 Å². The number of fused-ring (bicyclic) bond motifs is 2. The summed E-state index contributed by atoms with van der Waals surface area (Å²) in [6.07, 6.45) is 0. The third-order valence-electron chi connectivity index (χ3n) is 3.87. The first-order chi connectivity index (χ1) is 11.0. The van der Waals surface area contributed by atoms with E-state index in [1.54, 1.807) is 37.3 Å². The molecule has 0 bridgehead atoms. The Bertz CT molecular complexity index is 865. The summed E-state index contributed by atoms with van der Waals surface area (Å²) in [5.74, 6) is -1.14. The zero-order valence-electron chi connectivity index (χ0n) is 12.5. The molecule has 0 heterocycles. The molecule has 0 aliphatic heterocycles. The molecule has 1 atom stereocenters. The van der Waals surface area contributed by atoms with Crippen LogP contribution >= 0.6 is 0 Å². The van der Waals surface area contributed by atoms with Gasteiger partial charge in [-0.3, -0.25) is 9.59 Å². The predicted octanol–water partition coefficient (Wildman–Crippen LogP) is 2.74. The Balaban J connectivity index is 2.14. The minimum Gasteiger partial charge on any atom is -0.507 e. The van der Waals surface area contributed by atoms with Crippen LogP contribution in [0.2, 0.25) is 0 Å². The average molecular weight is 306 g/mol. The molecule has 0 fully saturated rings. The van der Waals surface area contributed by atoms with E-state index in [-0.39, 0.29) is 34.4 Å². The lowest BCUT2D eigenvalue weighted by Crippen LogP contribution is -2.23. The Kier molecular flexibility index (Phi) is 3.59.